The van der Waals surface area contributed by atoms with E-state index in [1.165, 1.54) is 0 Å². The second kappa shape index (κ2) is 8.17. The van der Waals surface area contributed by atoms with E-state index in [4.69, 9.17) is 5.11 Å². The molecule has 0 aliphatic heterocycles. The zero-order valence-corrected chi connectivity index (χ0v) is 13.2. The monoisotopic (exact) mass is 297 g/mol. The molecule has 1 aromatic rings. The number of amides is 1. The van der Waals surface area contributed by atoms with Gasteiger partial charge in [-0.3, -0.25) is 9.59 Å². The molecule has 1 heterocycles. The molecule has 1 aromatic heterocycles. The molecule has 0 aromatic carbocycles. The lowest BCUT2D eigenvalue weighted by Gasteiger charge is -2.10. The molecule has 4 nitrogen and oxygen atoms in total. The van der Waals surface area contributed by atoms with Gasteiger partial charge in [-0.15, -0.1) is 11.3 Å². The second-order valence-corrected chi connectivity index (χ2v) is 6.63. The van der Waals surface area contributed by atoms with Crippen molar-refractivity contribution in [1.82, 2.24) is 5.32 Å². The summed E-state index contributed by atoms with van der Waals surface area (Å²) in [5.74, 6) is 0.180. The Morgan fingerprint density at radius 2 is 2.05 bits per heavy atom. The van der Waals surface area contributed by atoms with Crippen LogP contribution in [0.3, 0.4) is 0 Å². The molecule has 112 valence electrons. The quantitative estimate of drug-likeness (QED) is 0.724. The minimum absolute atomic E-state index is 0.0328. The van der Waals surface area contributed by atoms with Crippen molar-refractivity contribution in [3.63, 3.8) is 0 Å². The predicted molar refractivity (Wildman–Crippen MR) is 81.2 cm³/mol. The molecule has 0 radical (unpaired) electrons. The summed E-state index contributed by atoms with van der Waals surface area (Å²) in [7, 11) is 0. The van der Waals surface area contributed by atoms with Crippen molar-refractivity contribution in [1.29, 1.82) is 0 Å². The lowest BCUT2D eigenvalue weighted by molar-refractivity contribution is -0.121. The van der Waals surface area contributed by atoms with Gasteiger partial charge in [0.1, 0.15) is 0 Å². The van der Waals surface area contributed by atoms with Crippen LogP contribution >= 0.6 is 11.3 Å². The maximum absolute atomic E-state index is 12.0. The Hall–Kier alpha value is -1.20. The summed E-state index contributed by atoms with van der Waals surface area (Å²) in [4.78, 5) is 25.8. The fourth-order valence-corrected chi connectivity index (χ4v) is 2.91. The highest BCUT2D eigenvalue weighted by Crippen LogP contribution is 2.22. The highest BCUT2D eigenvalue weighted by atomic mass is 32.1. The molecule has 5 heteroatoms. The fraction of sp³-hybridized carbons (Fsp3) is 0.600. The van der Waals surface area contributed by atoms with Gasteiger partial charge >= 0.3 is 0 Å². The number of hydrogen-bond acceptors (Lipinski definition) is 4. The van der Waals surface area contributed by atoms with Gasteiger partial charge in [0.2, 0.25) is 5.91 Å². The van der Waals surface area contributed by atoms with Gasteiger partial charge in [-0.1, -0.05) is 6.92 Å². The SMILES string of the molecule is Cc1cc(C(=O)CCC(=O)NC[C@@H](C)CCO)c(C)s1. The van der Waals surface area contributed by atoms with Crippen LogP contribution in [0.15, 0.2) is 6.07 Å². The summed E-state index contributed by atoms with van der Waals surface area (Å²) < 4.78 is 0. The lowest BCUT2D eigenvalue weighted by Crippen LogP contribution is -2.28. The summed E-state index contributed by atoms with van der Waals surface area (Å²) in [5.41, 5.74) is 0.744. The predicted octanol–water partition coefficient (Wildman–Crippen LogP) is 2.46. The number of rotatable bonds is 8. The third-order valence-electron chi connectivity index (χ3n) is 3.19. The molecule has 0 spiro atoms. The fourth-order valence-electron chi connectivity index (χ4n) is 1.97. The first-order valence-corrected chi connectivity index (χ1v) is 7.73. The Morgan fingerprint density at radius 1 is 1.35 bits per heavy atom. The Labute approximate surface area is 124 Å². The van der Waals surface area contributed by atoms with Crippen LogP contribution in [-0.4, -0.2) is 29.9 Å². The molecule has 0 unspecified atom stereocenters. The normalized spacial score (nSPS) is 12.2. The van der Waals surface area contributed by atoms with Crippen LogP contribution in [0.4, 0.5) is 0 Å². The molecular weight excluding hydrogens is 274 g/mol. The smallest absolute Gasteiger partial charge is 0.220 e. The average molecular weight is 297 g/mol. The average Bonchev–Trinajstić information content (AvgIpc) is 2.73. The van der Waals surface area contributed by atoms with Gasteiger partial charge in [0.05, 0.1) is 0 Å². The lowest BCUT2D eigenvalue weighted by atomic mass is 10.1. The zero-order chi connectivity index (χ0) is 15.1. The number of nitrogens with one attached hydrogen (secondary N) is 1. The Kier molecular flexibility index (Phi) is 6.88. The van der Waals surface area contributed by atoms with Gasteiger partial charge in [-0.25, -0.2) is 0 Å². The van der Waals surface area contributed by atoms with Crippen LogP contribution in [0.5, 0.6) is 0 Å². The third-order valence-corrected chi connectivity index (χ3v) is 4.16. The van der Waals surface area contributed by atoms with Crippen LogP contribution in [0, 0.1) is 19.8 Å². The maximum atomic E-state index is 12.0. The molecule has 0 aliphatic rings. The molecule has 1 rings (SSSR count). The van der Waals surface area contributed by atoms with Gasteiger partial charge in [0.15, 0.2) is 5.78 Å². The Bertz CT molecular complexity index is 468. The highest BCUT2D eigenvalue weighted by Gasteiger charge is 2.14. The van der Waals surface area contributed by atoms with Crippen molar-refractivity contribution in [2.24, 2.45) is 5.92 Å². The Balaban J connectivity index is 2.34. The number of aliphatic hydroxyl groups excluding tert-OH is 1. The van der Waals surface area contributed by atoms with Crippen LogP contribution in [-0.2, 0) is 4.79 Å². The molecule has 2 N–H and O–H groups in total. The maximum Gasteiger partial charge on any atom is 0.220 e. The minimum Gasteiger partial charge on any atom is -0.396 e. The first-order valence-electron chi connectivity index (χ1n) is 6.91. The van der Waals surface area contributed by atoms with Crippen molar-refractivity contribution in [3.05, 3.63) is 21.4 Å². The topological polar surface area (TPSA) is 66.4 Å². The van der Waals surface area contributed by atoms with E-state index in [1.54, 1.807) is 11.3 Å². The van der Waals surface area contributed by atoms with Crippen LogP contribution in [0.1, 0.15) is 46.3 Å². The molecule has 0 saturated carbocycles. The minimum atomic E-state index is -0.104. The van der Waals surface area contributed by atoms with Gasteiger partial charge in [-0.05, 0) is 32.3 Å². The molecule has 1 atom stereocenters. The number of thiophene rings is 1. The molecule has 0 aliphatic carbocycles. The van der Waals surface area contributed by atoms with Crippen LogP contribution < -0.4 is 5.32 Å². The number of carbonyl (C=O) groups is 2. The van der Waals surface area contributed by atoms with Crippen molar-refractivity contribution in [2.45, 2.75) is 40.0 Å². The number of aryl methyl sites for hydroxylation is 2. The van der Waals surface area contributed by atoms with E-state index in [0.29, 0.717) is 13.0 Å². The Morgan fingerprint density at radius 3 is 2.60 bits per heavy atom. The number of hydrogen-bond donors (Lipinski definition) is 2. The van der Waals surface area contributed by atoms with E-state index in [-0.39, 0.29) is 37.1 Å². The number of ketones is 1. The molecule has 0 fully saturated rings. The first-order chi connectivity index (χ1) is 9.43. The summed E-state index contributed by atoms with van der Waals surface area (Å²) in [5, 5.41) is 11.6. The standard InChI is InChI=1S/C15H23NO3S/c1-10(6-7-17)9-16-15(19)5-4-14(18)13-8-11(2)20-12(13)3/h8,10,17H,4-7,9H2,1-3H3,(H,16,19)/t10-/m0/s1. The molecule has 0 saturated heterocycles. The highest BCUT2D eigenvalue weighted by molar-refractivity contribution is 7.12. The van der Waals surface area contributed by atoms with Crippen molar-refractivity contribution in [3.8, 4) is 0 Å². The van der Waals surface area contributed by atoms with E-state index in [1.807, 2.05) is 26.8 Å². The second-order valence-electron chi connectivity index (χ2n) is 5.17. The van der Waals surface area contributed by atoms with Crippen molar-refractivity contribution in [2.75, 3.05) is 13.2 Å². The summed E-state index contributed by atoms with van der Waals surface area (Å²) in [6.07, 6.45) is 1.14. The zero-order valence-electron chi connectivity index (χ0n) is 12.4. The van der Waals surface area contributed by atoms with E-state index >= 15 is 0 Å². The summed E-state index contributed by atoms with van der Waals surface area (Å²) in [6, 6.07) is 1.89. The summed E-state index contributed by atoms with van der Waals surface area (Å²) in [6.45, 7) is 6.56. The number of carbonyl (C=O) groups excluding carboxylic acids is 2. The van der Waals surface area contributed by atoms with E-state index in [0.717, 1.165) is 15.3 Å². The van der Waals surface area contributed by atoms with Crippen LogP contribution in [0.25, 0.3) is 0 Å². The van der Waals surface area contributed by atoms with Gasteiger partial charge < -0.3 is 10.4 Å². The molecular formula is C15H23NO3S. The molecule has 20 heavy (non-hydrogen) atoms. The molecule has 1 amide bonds. The summed E-state index contributed by atoms with van der Waals surface area (Å²) >= 11 is 1.61. The van der Waals surface area contributed by atoms with Crippen molar-refractivity contribution < 1.29 is 14.7 Å². The number of aliphatic hydroxyl groups is 1. The van der Waals surface area contributed by atoms with Crippen LogP contribution in [0.2, 0.25) is 0 Å². The largest absolute Gasteiger partial charge is 0.396 e. The van der Waals surface area contributed by atoms with E-state index in [2.05, 4.69) is 5.32 Å². The van der Waals surface area contributed by atoms with E-state index in [9.17, 15) is 9.59 Å². The number of Topliss-reactive ketones (excluding diaryl/α,β-unsaturated/α-hetero) is 1. The first kappa shape index (κ1) is 16.9. The van der Waals surface area contributed by atoms with E-state index < -0.39 is 0 Å². The van der Waals surface area contributed by atoms with Gasteiger partial charge in [-0.2, -0.15) is 0 Å². The van der Waals surface area contributed by atoms with Crippen molar-refractivity contribution >= 4 is 23.0 Å². The van der Waals surface area contributed by atoms with Gasteiger partial charge in [0, 0.05) is 41.3 Å². The molecule has 0 bridgehead atoms. The third kappa shape index (κ3) is 5.43. The van der Waals surface area contributed by atoms with Gasteiger partial charge in [0.25, 0.3) is 0 Å².